The molecule has 1 saturated heterocycles. The topological polar surface area (TPSA) is 184 Å². The Labute approximate surface area is 215 Å². The van der Waals surface area contributed by atoms with Crippen LogP contribution in [-0.2, 0) is 19.2 Å². The van der Waals surface area contributed by atoms with E-state index in [0.717, 1.165) is 37.7 Å². The van der Waals surface area contributed by atoms with Gasteiger partial charge in [0.05, 0.1) is 30.4 Å². The van der Waals surface area contributed by atoms with Crippen molar-refractivity contribution in [3.8, 4) is 0 Å². The van der Waals surface area contributed by atoms with Crippen LogP contribution < -0.4 is 20.4 Å². The number of rotatable bonds is 8. The molecular weight excluding hydrogens is 484 g/mol. The van der Waals surface area contributed by atoms with Gasteiger partial charge in [-0.3, -0.25) is 9.69 Å². The van der Waals surface area contributed by atoms with Crippen LogP contribution in [0.5, 0.6) is 0 Å². The summed E-state index contributed by atoms with van der Waals surface area (Å²) in [6, 6.07) is 8.42. The fourth-order valence-corrected chi connectivity index (χ4v) is 3.77. The lowest BCUT2D eigenvalue weighted by molar-refractivity contribution is -0.301. The van der Waals surface area contributed by atoms with Crippen molar-refractivity contribution in [1.29, 1.82) is 0 Å². The maximum Gasteiger partial charge on any atom is 0.176 e. The van der Waals surface area contributed by atoms with Gasteiger partial charge in [0.1, 0.15) is 0 Å². The van der Waals surface area contributed by atoms with E-state index in [2.05, 4.69) is 29.0 Å². The van der Waals surface area contributed by atoms with Crippen LogP contribution in [0.4, 0.5) is 0 Å². The number of hydrogen-bond acceptors (Lipinski definition) is 11. The highest BCUT2D eigenvalue weighted by molar-refractivity contribution is 5.97. The Kier molecular flexibility index (Phi) is 14.1. The lowest BCUT2D eigenvalue weighted by Crippen LogP contribution is -2.46. The number of benzene rings is 1. The Morgan fingerprint density at radius 3 is 1.51 bits per heavy atom. The Bertz CT molecular complexity index is 906. The second-order valence-corrected chi connectivity index (χ2v) is 8.55. The zero-order valence-electron chi connectivity index (χ0n) is 20.6. The van der Waals surface area contributed by atoms with Gasteiger partial charge in [-0.2, -0.15) is 0 Å². The van der Waals surface area contributed by atoms with E-state index in [-0.39, 0.29) is 5.78 Å². The Morgan fingerprint density at radius 2 is 1.14 bits per heavy atom. The molecule has 0 N–H and O–H groups in total. The molecule has 0 atom stereocenters. The number of aliphatic carboxylic acids is 4. The quantitative estimate of drug-likeness (QED) is 0.252. The fourth-order valence-electron chi connectivity index (χ4n) is 3.77. The number of nitrogens with zero attached hydrogens (tertiary/aromatic N) is 2. The van der Waals surface area contributed by atoms with Gasteiger partial charge < -0.3 is 44.5 Å². The molecular formula is C26H30N2O9-4. The van der Waals surface area contributed by atoms with Gasteiger partial charge in [-0.05, 0) is 55.7 Å². The van der Waals surface area contributed by atoms with Crippen molar-refractivity contribution in [1.82, 2.24) is 9.80 Å². The van der Waals surface area contributed by atoms with E-state index in [9.17, 15) is 44.4 Å². The average molecular weight is 515 g/mol. The van der Waals surface area contributed by atoms with Gasteiger partial charge in [0.2, 0.25) is 0 Å². The summed E-state index contributed by atoms with van der Waals surface area (Å²) in [7, 11) is 2.14. The van der Waals surface area contributed by atoms with Gasteiger partial charge in [0, 0.05) is 31.7 Å². The lowest BCUT2D eigenvalue weighted by Gasteiger charge is -2.31. The van der Waals surface area contributed by atoms with E-state index in [1.807, 2.05) is 12.1 Å². The number of piperazine rings is 1. The predicted octanol–water partition coefficient (Wildman–Crippen LogP) is -3.14. The summed E-state index contributed by atoms with van der Waals surface area (Å²) in [4.78, 5) is 54.6. The van der Waals surface area contributed by atoms with Gasteiger partial charge in [-0.15, -0.1) is 0 Å². The first-order valence-corrected chi connectivity index (χ1v) is 11.7. The van der Waals surface area contributed by atoms with Gasteiger partial charge in [0.15, 0.2) is 5.78 Å². The summed E-state index contributed by atoms with van der Waals surface area (Å²) in [5.41, 5.74) is 2.29. The number of ketones is 1. The fraction of sp³-hybridized carbons (Fsp3) is 0.423. The molecule has 1 saturated carbocycles. The Hall–Kier alpha value is -3.83. The molecule has 0 spiro atoms. The number of Topliss-reactive ketones (excluding diaryl/α,β-unsaturated/α-hetero) is 1. The maximum absolute atomic E-state index is 12.4. The van der Waals surface area contributed by atoms with Crippen molar-refractivity contribution in [2.45, 2.75) is 31.6 Å². The third-order valence-corrected chi connectivity index (χ3v) is 5.73. The molecule has 1 aliphatic heterocycles. The van der Waals surface area contributed by atoms with Crippen molar-refractivity contribution in [3.63, 3.8) is 0 Å². The van der Waals surface area contributed by atoms with E-state index >= 15 is 0 Å². The molecule has 2 fully saturated rings. The van der Waals surface area contributed by atoms with Crippen molar-refractivity contribution in [3.05, 3.63) is 59.7 Å². The van der Waals surface area contributed by atoms with Crippen LogP contribution in [0.3, 0.4) is 0 Å². The van der Waals surface area contributed by atoms with E-state index < -0.39 is 23.9 Å². The summed E-state index contributed by atoms with van der Waals surface area (Å²) in [5.74, 6) is -5.20. The molecule has 0 radical (unpaired) electrons. The average Bonchev–Trinajstić information content (AvgIpc) is 3.39. The molecule has 1 aromatic rings. The number of carbonyl (C=O) groups excluding carboxylic acids is 5. The summed E-state index contributed by atoms with van der Waals surface area (Å²) in [6.07, 6.45) is 6.88. The monoisotopic (exact) mass is 514 g/mol. The van der Waals surface area contributed by atoms with Gasteiger partial charge in [0.25, 0.3) is 0 Å². The first-order valence-electron chi connectivity index (χ1n) is 11.7. The number of likely N-dealkylation sites (N-methyl/N-ethyl adjacent to an activating group) is 1. The first kappa shape index (κ1) is 31.2. The highest BCUT2D eigenvalue weighted by atomic mass is 16.4. The maximum atomic E-state index is 12.4. The lowest BCUT2D eigenvalue weighted by atomic mass is 9.96. The third kappa shape index (κ3) is 14.4. The molecule has 1 aromatic carbocycles. The van der Waals surface area contributed by atoms with Crippen LogP contribution >= 0.6 is 0 Å². The summed E-state index contributed by atoms with van der Waals surface area (Å²) in [6.45, 7) is 4.70. The van der Waals surface area contributed by atoms with E-state index in [1.54, 1.807) is 0 Å². The van der Waals surface area contributed by atoms with Crippen molar-refractivity contribution < 1.29 is 44.4 Å². The summed E-state index contributed by atoms with van der Waals surface area (Å²) >= 11 is 0. The van der Waals surface area contributed by atoms with Gasteiger partial charge >= 0.3 is 0 Å². The van der Waals surface area contributed by atoms with Gasteiger partial charge in [-0.25, -0.2) is 0 Å². The second kappa shape index (κ2) is 16.8. The number of carbonyl (C=O) groups is 5. The molecule has 0 bridgehead atoms. The van der Waals surface area contributed by atoms with Crippen LogP contribution in [0.25, 0.3) is 0 Å². The van der Waals surface area contributed by atoms with Crippen LogP contribution in [0, 0.1) is 0 Å². The molecule has 0 unspecified atom stereocenters. The Balaban J connectivity index is 0.000000355. The predicted molar refractivity (Wildman–Crippen MR) is 124 cm³/mol. The molecule has 0 amide bonds. The van der Waals surface area contributed by atoms with Gasteiger partial charge in [-0.1, -0.05) is 37.1 Å². The standard InChI is InChI=1S/C18H26N2O.2C4H4O4/c1-19-10-12-20(13-11-19)14-18(21)17-8-6-16(7-9-17)15-4-2-3-5-15;2*5-3(6)1-2-4(7)8/h6-9,15H,2-5,10-14H2,1H3;2*1-2H,(H,5,6)(H,7,8)/p-4/b;2*2-1-. The highest BCUT2D eigenvalue weighted by Gasteiger charge is 2.19. The summed E-state index contributed by atoms with van der Waals surface area (Å²) in [5, 5.41) is 37.7. The normalized spacial score (nSPS) is 16.5. The molecule has 37 heavy (non-hydrogen) atoms. The van der Waals surface area contributed by atoms with E-state index in [1.165, 1.54) is 31.2 Å². The molecule has 1 aliphatic carbocycles. The largest absolute Gasteiger partial charge is 0.545 e. The summed E-state index contributed by atoms with van der Waals surface area (Å²) < 4.78 is 0. The smallest absolute Gasteiger partial charge is 0.176 e. The minimum atomic E-state index is -1.55. The number of hydrogen-bond donors (Lipinski definition) is 0. The zero-order valence-corrected chi connectivity index (χ0v) is 20.6. The molecule has 1 heterocycles. The molecule has 11 nitrogen and oxygen atoms in total. The second-order valence-electron chi connectivity index (χ2n) is 8.55. The molecule has 2 aliphatic rings. The highest BCUT2D eigenvalue weighted by Crippen LogP contribution is 2.33. The van der Waals surface area contributed by atoms with Crippen molar-refractivity contribution in [2.75, 3.05) is 39.8 Å². The molecule has 3 rings (SSSR count). The number of carboxylic acid groups (broad SMARTS) is 4. The Morgan fingerprint density at radius 1 is 0.730 bits per heavy atom. The van der Waals surface area contributed by atoms with Crippen LogP contribution in [-0.4, -0.2) is 79.2 Å². The minimum Gasteiger partial charge on any atom is -0.545 e. The van der Waals surface area contributed by atoms with Crippen molar-refractivity contribution >= 4 is 29.7 Å². The third-order valence-electron chi connectivity index (χ3n) is 5.73. The van der Waals surface area contributed by atoms with E-state index in [4.69, 9.17) is 0 Å². The minimum absolute atomic E-state index is 0.262. The van der Waals surface area contributed by atoms with Crippen molar-refractivity contribution in [2.24, 2.45) is 0 Å². The molecule has 11 heteroatoms. The van der Waals surface area contributed by atoms with Crippen LogP contribution in [0.2, 0.25) is 0 Å². The van der Waals surface area contributed by atoms with Crippen LogP contribution in [0.15, 0.2) is 48.6 Å². The number of carboxylic acids is 4. The molecule has 0 aromatic heterocycles. The first-order chi connectivity index (χ1) is 17.5. The zero-order chi connectivity index (χ0) is 27.8. The molecule has 202 valence electrons. The van der Waals surface area contributed by atoms with E-state index in [0.29, 0.717) is 30.8 Å². The SMILES string of the molecule is CN1CCN(CC(=O)c2ccc(C3CCCC3)cc2)CC1.O=C([O-])/C=C\C(=O)[O-].O=C([O-])/C=C\C(=O)[O-]. The van der Waals surface area contributed by atoms with Crippen LogP contribution in [0.1, 0.15) is 47.5 Å².